The number of carbonyl (C=O) groups is 4. The van der Waals surface area contributed by atoms with Crippen LogP contribution in [0, 0.1) is 25.7 Å². The first-order valence-corrected chi connectivity index (χ1v) is 16.5. The number of esters is 1. The van der Waals surface area contributed by atoms with Crippen LogP contribution in [0.3, 0.4) is 0 Å². The topological polar surface area (TPSA) is 125 Å². The van der Waals surface area contributed by atoms with Gasteiger partial charge in [-0.3, -0.25) is 19.2 Å². The maximum absolute atomic E-state index is 14.9. The molecule has 2 saturated heterocycles. The number of nitrogens with one attached hydrogen (secondary N) is 1. The number of anilines is 1. The van der Waals surface area contributed by atoms with Gasteiger partial charge in [-0.15, -0.1) is 0 Å². The second-order valence-electron chi connectivity index (χ2n) is 13.0. The van der Waals surface area contributed by atoms with Gasteiger partial charge in [0.05, 0.1) is 30.7 Å². The van der Waals surface area contributed by atoms with Crippen LogP contribution in [0.2, 0.25) is 0 Å². The Morgan fingerprint density at radius 2 is 1.72 bits per heavy atom. The molecular weight excluding hydrogens is 598 g/mol. The molecule has 1 spiro atoms. The predicted octanol–water partition coefficient (Wildman–Crippen LogP) is 3.70. The van der Waals surface area contributed by atoms with Crippen molar-refractivity contribution in [2.75, 3.05) is 18.1 Å². The Morgan fingerprint density at radius 1 is 1.00 bits per heavy atom. The summed E-state index contributed by atoms with van der Waals surface area (Å²) in [5, 5.41) is 13.4. The number of nitrogens with zero attached hydrogens (tertiary/aromatic N) is 2. The zero-order valence-electron chi connectivity index (χ0n) is 27.3. The van der Waals surface area contributed by atoms with E-state index in [-0.39, 0.29) is 31.4 Å². The second-order valence-corrected chi connectivity index (χ2v) is 13.0. The minimum atomic E-state index is -1.50. The van der Waals surface area contributed by atoms with Crippen molar-refractivity contribution in [3.63, 3.8) is 0 Å². The molecule has 2 N–H and O–H groups in total. The molecule has 0 aromatic heterocycles. The van der Waals surface area contributed by atoms with Gasteiger partial charge in [0.1, 0.15) is 23.7 Å². The lowest BCUT2D eigenvalue weighted by Gasteiger charge is -2.38. The average molecular weight is 642 g/mol. The first kappa shape index (κ1) is 32.7. The number of allylic oxidation sites excluding steroid dienone is 1. The molecule has 4 heterocycles. The number of rotatable bonds is 5. The van der Waals surface area contributed by atoms with E-state index >= 15 is 0 Å². The van der Waals surface area contributed by atoms with Gasteiger partial charge in [-0.25, -0.2) is 0 Å². The van der Waals surface area contributed by atoms with E-state index in [1.165, 1.54) is 4.90 Å². The monoisotopic (exact) mass is 641 g/mol. The molecule has 10 nitrogen and oxygen atoms in total. The van der Waals surface area contributed by atoms with Gasteiger partial charge in [0.15, 0.2) is 0 Å². The number of aliphatic hydroxyl groups is 1. The van der Waals surface area contributed by atoms with Crippen LogP contribution in [-0.2, 0) is 28.7 Å². The van der Waals surface area contributed by atoms with E-state index in [0.29, 0.717) is 18.4 Å². The Morgan fingerprint density at radius 3 is 2.40 bits per heavy atom. The van der Waals surface area contributed by atoms with Crippen LogP contribution in [-0.4, -0.2) is 76.7 Å². The van der Waals surface area contributed by atoms with Gasteiger partial charge in [-0.1, -0.05) is 79.8 Å². The van der Waals surface area contributed by atoms with E-state index in [0.717, 1.165) is 16.8 Å². The lowest BCUT2D eigenvalue weighted by molar-refractivity contribution is -0.161. The summed E-state index contributed by atoms with van der Waals surface area (Å²) in [6.07, 6.45) is 6.42. The average Bonchev–Trinajstić information content (AvgIpc) is 3.44. The maximum atomic E-state index is 14.9. The molecular formula is C37H43N3O7. The third-order valence-corrected chi connectivity index (χ3v) is 10.1. The number of aliphatic hydroxyl groups excluding tert-OH is 1. The quantitative estimate of drug-likeness (QED) is 0.377. The van der Waals surface area contributed by atoms with Crippen molar-refractivity contribution in [1.29, 1.82) is 0 Å². The number of carbonyl (C=O) groups excluding carboxylic acids is 4. The fraction of sp³-hybridized carbons (Fsp3) is 0.459. The van der Waals surface area contributed by atoms with Crippen molar-refractivity contribution in [2.45, 2.75) is 82.9 Å². The van der Waals surface area contributed by atoms with Crippen LogP contribution >= 0.6 is 0 Å². The summed E-state index contributed by atoms with van der Waals surface area (Å²) < 4.78 is 13.1. The normalized spacial score (nSPS) is 32.3. The summed E-state index contributed by atoms with van der Waals surface area (Å²) in [5.41, 5.74) is 1.78. The van der Waals surface area contributed by atoms with Crippen LogP contribution in [0.15, 0.2) is 72.8 Å². The highest BCUT2D eigenvalue weighted by Gasteiger charge is 2.72. The molecule has 6 rings (SSSR count). The predicted molar refractivity (Wildman–Crippen MR) is 175 cm³/mol. The first-order valence-electron chi connectivity index (χ1n) is 16.5. The Bertz CT molecular complexity index is 1580. The number of fused-ring (bicyclic) bond motifs is 2. The van der Waals surface area contributed by atoms with Crippen LogP contribution in [0.1, 0.15) is 55.9 Å². The van der Waals surface area contributed by atoms with Crippen LogP contribution < -0.4 is 10.2 Å². The molecule has 248 valence electrons. The molecule has 8 atom stereocenters. The Hall–Kier alpha value is -4.28. The fourth-order valence-electron chi connectivity index (χ4n) is 7.88. The summed E-state index contributed by atoms with van der Waals surface area (Å²) in [4.78, 5) is 59.9. The van der Waals surface area contributed by atoms with Crippen LogP contribution in [0.25, 0.3) is 0 Å². The molecule has 0 bridgehead atoms. The summed E-state index contributed by atoms with van der Waals surface area (Å²) in [7, 11) is 0. The van der Waals surface area contributed by atoms with Crippen molar-refractivity contribution >= 4 is 29.4 Å². The molecule has 4 aliphatic rings. The third kappa shape index (κ3) is 5.57. The van der Waals surface area contributed by atoms with Crippen LogP contribution in [0.4, 0.5) is 5.69 Å². The zero-order valence-corrected chi connectivity index (χ0v) is 27.3. The van der Waals surface area contributed by atoms with Gasteiger partial charge in [-0.05, 0) is 50.3 Å². The number of hydrogen-bond acceptors (Lipinski definition) is 7. The SMILES string of the molecule is CC[C@@H](CO)N1C(=O)[C@@H]2[C@H]3C(=O)O[C@H](c4ccccc4)[C@@H](C)NC(=O)CC/C=C\[C@H]3O[C@@]23C=CCN(c2c(C)cccc2C)C(=O)[C@@H]13. The molecule has 47 heavy (non-hydrogen) atoms. The maximum Gasteiger partial charge on any atom is 0.313 e. The third-order valence-electron chi connectivity index (χ3n) is 10.1. The van der Waals surface area contributed by atoms with Crippen molar-refractivity contribution < 1.29 is 33.8 Å². The molecule has 0 radical (unpaired) electrons. The number of aryl methyl sites for hydroxylation is 2. The highest BCUT2D eigenvalue weighted by molar-refractivity contribution is 6.06. The van der Waals surface area contributed by atoms with E-state index < -0.39 is 59.6 Å². The minimum Gasteiger partial charge on any atom is -0.455 e. The molecule has 2 aromatic rings. The molecule has 10 heteroatoms. The van der Waals surface area contributed by atoms with Crippen molar-refractivity contribution in [3.05, 3.63) is 89.5 Å². The number of ether oxygens (including phenoxy) is 2. The molecule has 0 saturated carbocycles. The second kappa shape index (κ2) is 13.1. The Balaban J connectivity index is 1.48. The number of likely N-dealkylation sites (tertiary alicyclic amines) is 1. The van der Waals surface area contributed by atoms with Crippen LogP contribution in [0.5, 0.6) is 0 Å². The molecule has 0 aliphatic carbocycles. The molecule has 2 aromatic carbocycles. The van der Waals surface area contributed by atoms with E-state index in [4.69, 9.17) is 9.47 Å². The van der Waals surface area contributed by atoms with Gasteiger partial charge < -0.3 is 29.7 Å². The largest absolute Gasteiger partial charge is 0.455 e. The number of para-hydroxylation sites is 1. The Labute approximate surface area is 275 Å². The number of benzene rings is 2. The Kier molecular flexibility index (Phi) is 9.09. The van der Waals surface area contributed by atoms with Crippen molar-refractivity contribution in [2.24, 2.45) is 11.8 Å². The zero-order chi connectivity index (χ0) is 33.5. The number of cyclic esters (lactones) is 1. The van der Waals surface area contributed by atoms with Crippen molar-refractivity contribution in [3.8, 4) is 0 Å². The lowest BCUT2D eigenvalue weighted by atomic mass is 9.77. The van der Waals surface area contributed by atoms with Gasteiger partial charge >= 0.3 is 5.97 Å². The van der Waals surface area contributed by atoms with Crippen molar-refractivity contribution in [1.82, 2.24) is 10.2 Å². The molecule has 3 amide bonds. The van der Waals surface area contributed by atoms with E-state index in [1.54, 1.807) is 30.1 Å². The number of hydrogen-bond donors (Lipinski definition) is 2. The van der Waals surface area contributed by atoms with Gasteiger partial charge in [-0.2, -0.15) is 0 Å². The fourth-order valence-corrected chi connectivity index (χ4v) is 7.88. The highest BCUT2D eigenvalue weighted by Crippen LogP contribution is 2.54. The minimum absolute atomic E-state index is 0.177. The molecule has 0 unspecified atom stereocenters. The van der Waals surface area contributed by atoms with E-state index in [2.05, 4.69) is 5.32 Å². The highest BCUT2D eigenvalue weighted by atomic mass is 16.6. The standard InChI is InChI=1S/C37H43N3O7/c1-5-26(21-41)40-33-35(44)39(31-22(2)13-11-14-23(31)3)20-12-19-37(33)30(34(40)43)29-27(47-37)17-9-10-18-28(42)38-24(4)32(46-36(29)45)25-15-7-6-8-16-25/h6-9,11-17,19,24,26-27,29-30,32-33,41H,5,10,18,20-21H2,1-4H3,(H,38,42)/b17-9-/t24-,26+,27-,29+,30+,32+,33-,37+/m1/s1. The summed E-state index contributed by atoms with van der Waals surface area (Å²) in [5.74, 6) is -3.77. The van der Waals surface area contributed by atoms with E-state index in [9.17, 15) is 24.3 Å². The summed E-state index contributed by atoms with van der Waals surface area (Å²) in [6, 6.07) is 12.6. The first-order chi connectivity index (χ1) is 22.6. The molecule has 2 fully saturated rings. The lowest BCUT2D eigenvalue weighted by Crippen LogP contribution is -2.58. The van der Waals surface area contributed by atoms with Gasteiger partial charge in [0, 0.05) is 18.7 Å². The summed E-state index contributed by atoms with van der Waals surface area (Å²) >= 11 is 0. The van der Waals surface area contributed by atoms with Gasteiger partial charge in [0.25, 0.3) is 5.91 Å². The van der Waals surface area contributed by atoms with E-state index in [1.807, 2.05) is 75.4 Å². The molecule has 4 aliphatic heterocycles. The van der Waals surface area contributed by atoms with Gasteiger partial charge in [0.2, 0.25) is 11.8 Å². The summed E-state index contributed by atoms with van der Waals surface area (Å²) in [6.45, 7) is 7.42. The smallest absolute Gasteiger partial charge is 0.313 e. The number of amides is 3.